The maximum Gasteiger partial charge on any atom is 0.0468 e. The zero-order valence-electron chi connectivity index (χ0n) is 11.6. The summed E-state index contributed by atoms with van der Waals surface area (Å²) in [5.41, 5.74) is 0. The lowest BCUT2D eigenvalue weighted by atomic mass is 10.2. The second-order valence-electron chi connectivity index (χ2n) is 5.19. The van der Waals surface area contributed by atoms with E-state index in [2.05, 4.69) is 49.8 Å². The van der Waals surface area contributed by atoms with Gasteiger partial charge in [0, 0.05) is 39.3 Å². The maximum absolute atomic E-state index is 9.09. The van der Waals surface area contributed by atoms with Gasteiger partial charge in [0.1, 0.15) is 0 Å². The summed E-state index contributed by atoms with van der Waals surface area (Å²) >= 11 is 0. The number of rotatable bonds is 9. The van der Waals surface area contributed by atoms with Gasteiger partial charge in [0.15, 0.2) is 0 Å². The number of hydrogen-bond donors (Lipinski definition) is 1. The number of likely N-dealkylation sites (N-methyl/N-ethyl adjacent to an activating group) is 2. The molecule has 0 spiro atoms. The van der Waals surface area contributed by atoms with E-state index in [9.17, 15) is 0 Å². The Morgan fingerprint density at radius 3 is 1.62 bits per heavy atom. The molecule has 0 amide bonds. The summed E-state index contributed by atoms with van der Waals surface area (Å²) in [5.74, 6) is 0.365. The van der Waals surface area contributed by atoms with Crippen LogP contribution in [0.4, 0.5) is 0 Å². The van der Waals surface area contributed by atoms with Crippen molar-refractivity contribution in [2.75, 3.05) is 67.5 Å². The monoisotopic (exact) mass is 231 g/mol. The third kappa shape index (κ3) is 9.09. The van der Waals surface area contributed by atoms with Gasteiger partial charge < -0.3 is 19.8 Å². The Morgan fingerprint density at radius 2 is 1.31 bits per heavy atom. The molecule has 4 heteroatoms. The molecular formula is C12H29N3O. The van der Waals surface area contributed by atoms with Crippen molar-refractivity contribution < 1.29 is 5.11 Å². The summed E-state index contributed by atoms with van der Waals surface area (Å²) in [7, 11) is 8.39. The average molecular weight is 231 g/mol. The molecule has 0 aromatic rings. The molecule has 16 heavy (non-hydrogen) atoms. The van der Waals surface area contributed by atoms with Crippen LogP contribution >= 0.6 is 0 Å². The van der Waals surface area contributed by atoms with Gasteiger partial charge in [-0.25, -0.2) is 0 Å². The van der Waals surface area contributed by atoms with Crippen LogP contribution < -0.4 is 0 Å². The number of hydrogen-bond acceptors (Lipinski definition) is 4. The van der Waals surface area contributed by atoms with E-state index in [1.807, 2.05) is 0 Å². The predicted molar refractivity (Wildman–Crippen MR) is 69.8 cm³/mol. The van der Waals surface area contributed by atoms with Gasteiger partial charge in [-0.2, -0.15) is 0 Å². The molecule has 0 aromatic carbocycles. The van der Waals surface area contributed by atoms with E-state index in [4.69, 9.17) is 5.11 Å². The van der Waals surface area contributed by atoms with E-state index in [-0.39, 0.29) is 6.61 Å². The fraction of sp³-hybridized carbons (Fsp3) is 1.00. The van der Waals surface area contributed by atoms with Crippen molar-refractivity contribution in [3.05, 3.63) is 0 Å². The molecule has 1 unspecified atom stereocenters. The number of aliphatic hydroxyl groups is 1. The van der Waals surface area contributed by atoms with Crippen molar-refractivity contribution in [1.29, 1.82) is 0 Å². The van der Waals surface area contributed by atoms with Crippen LogP contribution in [0.15, 0.2) is 0 Å². The third-order valence-electron chi connectivity index (χ3n) is 2.61. The highest BCUT2D eigenvalue weighted by Crippen LogP contribution is 1.99. The molecule has 0 aliphatic heterocycles. The van der Waals surface area contributed by atoms with Crippen LogP contribution in [0.1, 0.15) is 6.92 Å². The zero-order chi connectivity index (χ0) is 12.6. The SMILES string of the molecule is CC(CO)CN(CCN(C)C)CCN(C)C. The van der Waals surface area contributed by atoms with Crippen molar-refractivity contribution in [2.24, 2.45) is 5.92 Å². The standard InChI is InChI=1S/C12H29N3O/c1-12(11-16)10-15(8-6-13(2)3)9-7-14(4)5/h12,16H,6-11H2,1-5H3. The summed E-state index contributed by atoms with van der Waals surface area (Å²) in [6, 6.07) is 0. The summed E-state index contributed by atoms with van der Waals surface area (Å²) < 4.78 is 0. The second kappa shape index (κ2) is 8.93. The zero-order valence-corrected chi connectivity index (χ0v) is 11.6. The van der Waals surface area contributed by atoms with E-state index < -0.39 is 0 Å². The Kier molecular flexibility index (Phi) is 8.84. The summed E-state index contributed by atoms with van der Waals surface area (Å²) in [5, 5.41) is 9.09. The van der Waals surface area contributed by atoms with Crippen LogP contribution in [-0.2, 0) is 0 Å². The Labute approximate surface area is 101 Å². The highest BCUT2D eigenvalue weighted by Gasteiger charge is 2.10. The van der Waals surface area contributed by atoms with Gasteiger partial charge in [-0.3, -0.25) is 0 Å². The van der Waals surface area contributed by atoms with Crippen LogP contribution in [0.2, 0.25) is 0 Å². The van der Waals surface area contributed by atoms with Crippen molar-refractivity contribution in [3.8, 4) is 0 Å². The lowest BCUT2D eigenvalue weighted by molar-refractivity contribution is 0.156. The smallest absolute Gasteiger partial charge is 0.0468 e. The molecule has 0 aliphatic rings. The molecule has 1 atom stereocenters. The third-order valence-corrected chi connectivity index (χ3v) is 2.61. The average Bonchev–Trinajstić information content (AvgIpc) is 2.21. The minimum Gasteiger partial charge on any atom is -0.396 e. The molecule has 4 nitrogen and oxygen atoms in total. The molecule has 1 N–H and O–H groups in total. The molecule has 0 radical (unpaired) electrons. The van der Waals surface area contributed by atoms with Gasteiger partial charge in [0.25, 0.3) is 0 Å². The minimum atomic E-state index is 0.278. The molecule has 0 aromatic heterocycles. The molecular weight excluding hydrogens is 202 g/mol. The van der Waals surface area contributed by atoms with E-state index >= 15 is 0 Å². The molecule has 0 saturated heterocycles. The Morgan fingerprint density at radius 1 is 0.875 bits per heavy atom. The first-order chi connectivity index (χ1) is 7.45. The number of aliphatic hydroxyl groups excluding tert-OH is 1. The van der Waals surface area contributed by atoms with Gasteiger partial charge in [0.05, 0.1) is 0 Å². The first-order valence-corrected chi connectivity index (χ1v) is 6.08. The predicted octanol–water partition coefficient (Wildman–Crippen LogP) is 0.0400. The Hall–Kier alpha value is -0.160. The van der Waals surface area contributed by atoms with Crippen molar-refractivity contribution >= 4 is 0 Å². The molecule has 0 heterocycles. The molecule has 0 bridgehead atoms. The fourth-order valence-electron chi connectivity index (χ4n) is 1.48. The van der Waals surface area contributed by atoms with Crippen molar-refractivity contribution in [2.45, 2.75) is 6.92 Å². The largest absolute Gasteiger partial charge is 0.396 e. The van der Waals surface area contributed by atoms with Gasteiger partial charge in [-0.15, -0.1) is 0 Å². The highest BCUT2D eigenvalue weighted by molar-refractivity contribution is 4.65. The number of nitrogens with zero attached hydrogens (tertiary/aromatic N) is 3. The maximum atomic E-state index is 9.09. The topological polar surface area (TPSA) is 30.0 Å². The van der Waals surface area contributed by atoms with E-state index in [1.54, 1.807) is 0 Å². The Bertz CT molecular complexity index is 150. The van der Waals surface area contributed by atoms with Gasteiger partial charge in [0.2, 0.25) is 0 Å². The molecule has 98 valence electrons. The van der Waals surface area contributed by atoms with E-state index in [0.29, 0.717) is 5.92 Å². The van der Waals surface area contributed by atoms with Gasteiger partial charge in [-0.05, 0) is 34.1 Å². The summed E-state index contributed by atoms with van der Waals surface area (Å²) in [6.45, 7) is 7.66. The van der Waals surface area contributed by atoms with Crippen LogP contribution in [-0.4, -0.2) is 87.3 Å². The van der Waals surface area contributed by atoms with Crippen LogP contribution in [0, 0.1) is 5.92 Å². The first kappa shape index (κ1) is 15.8. The molecule has 0 rings (SSSR count). The normalized spacial score (nSPS) is 14.1. The highest BCUT2D eigenvalue weighted by atomic mass is 16.3. The van der Waals surface area contributed by atoms with Crippen LogP contribution in [0.25, 0.3) is 0 Å². The quantitative estimate of drug-likeness (QED) is 0.607. The molecule has 0 fully saturated rings. The molecule has 0 aliphatic carbocycles. The first-order valence-electron chi connectivity index (χ1n) is 6.08. The van der Waals surface area contributed by atoms with E-state index in [0.717, 1.165) is 32.7 Å². The van der Waals surface area contributed by atoms with Crippen molar-refractivity contribution in [3.63, 3.8) is 0 Å². The Balaban J connectivity index is 3.94. The van der Waals surface area contributed by atoms with Gasteiger partial charge >= 0.3 is 0 Å². The molecule has 0 saturated carbocycles. The fourth-order valence-corrected chi connectivity index (χ4v) is 1.48. The second-order valence-corrected chi connectivity index (χ2v) is 5.19. The van der Waals surface area contributed by atoms with E-state index in [1.165, 1.54) is 0 Å². The summed E-state index contributed by atoms with van der Waals surface area (Å²) in [4.78, 5) is 6.83. The van der Waals surface area contributed by atoms with Crippen LogP contribution in [0.5, 0.6) is 0 Å². The minimum absolute atomic E-state index is 0.278. The summed E-state index contributed by atoms with van der Waals surface area (Å²) in [6.07, 6.45) is 0. The lowest BCUT2D eigenvalue weighted by Gasteiger charge is -2.27. The van der Waals surface area contributed by atoms with Crippen LogP contribution in [0.3, 0.4) is 0 Å². The van der Waals surface area contributed by atoms with Gasteiger partial charge in [-0.1, -0.05) is 6.92 Å². The van der Waals surface area contributed by atoms with Crippen molar-refractivity contribution in [1.82, 2.24) is 14.7 Å². The lowest BCUT2D eigenvalue weighted by Crippen LogP contribution is -2.39.